The van der Waals surface area contributed by atoms with Crippen molar-refractivity contribution in [3.8, 4) is 5.75 Å². The number of benzene rings is 3. The second-order valence-electron chi connectivity index (χ2n) is 11.9. The predicted molar refractivity (Wildman–Crippen MR) is 163 cm³/mol. The number of hydrogen-bond acceptors (Lipinski definition) is 5. The van der Waals surface area contributed by atoms with Crippen molar-refractivity contribution >= 4 is 34.0 Å². The Morgan fingerprint density at radius 3 is 2.67 bits per heavy atom. The van der Waals surface area contributed by atoms with Gasteiger partial charge in [0.2, 0.25) is 5.91 Å². The summed E-state index contributed by atoms with van der Waals surface area (Å²) in [5.41, 5.74) is 5.83. The molecule has 0 bridgehead atoms. The van der Waals surface area contributed by atoms with Crippen LogP contribution in [0.4, 0.5) is 15.8 Å². The van der Waals surface area contributed by atoms with Crippen LogP contribution in [-0.4, -0.2) is 36.9 Å². The molecule has 7 nitrogen and oxygen atoms in total. The van der Waals surface area contributed by atoms with E-state index in [-0.39, 0.29) is 29.5 Å². The van der Waals surface area contributed by atoms with Crippen LogP contribution in [-0.2, 0) is 16.0 Å². The van der Waals surface area contributed by atoms with E-state index in [1.807, 2.05) is 59.6 Å². The number of fused-ring (bicyclic) bond motifs is 2. The second-order valence-corrected chi connectivity index (χ2v) is 11.9. The highest BCUT2D eigenvalue weighted by Crippen LogP contribution is 2.48. The summed E-state index contributed by atoms with van der Waals surface area (Å²) in [5, 5.41) is 7.45. The fourth-order valence-electron chi connectivity index (χ4n) is 6.26. The summed E-state index contributed by atoms with van der Waals surface area (Å²) in [6.07, 6.45) is 3.57. The molecular weight excluding hydrogens is 531 g/mol. The minimum Gasteiger partial charge on any atom is -0.497 e. The first-order chi connectivity index (χ1) is 20.2. The van der Waals surface area contributed by atoms with Crippen LogP contribution in [0.1, 0.15) is 43.9 Å². The first-order valence-electron chi connectivity index (χ1n) is 14.3. The van der Waals surface area contributed by atoms with Crippen LogP contribution in [0.15, 0.2) is 84.2 Å². The van der Waals surface area contributed by atoms with E-state index in [9.17, 15) is 14.0 Å². The molecule has 216 valence electrons. The van der Waals surface area contributed by atoms with Crippen molar-refractivity contribution in [2.75, 3.05) is 30.4 Å². The topological polar surface area (TPSA) is 86.5 Å². The van der Waals surface area contributed by atoms with Gasteiger partial charge in [-0.3, -0.25) is 9.59 Å². The number of aromatic nitrogens is 1. The summed E-state index contributed by atoms with van der Waals surface area (Å²) >= 11 is 0. The molecule has 2 heterocycles. The van der Waals surface area contributed by atoms with Gasteiger partial charge in [0.15, 0.2) is 5.78 Å². The van der Waals surface area contributed by atoms with Crippen LogP contribution in [0.5, 0.6) is 5.75 Å². The van der Waals surface area contributed by atoms with E-state index < -0.39 is 6.04 Å². The molecule has 0 saturated carbocycles. The first kappa shape index (κ1) is 27.6. The van der Waals surface area contributed by atoms with Gasteiger partial charge in [-0.2, -0.15) is 0 Å². The molecule has 1 aliphatic heterocycles. The molecule has 6 rings (SSSR count). The van der Waals surface area contributed by atoms with E-state index in [2.05, 4.69) is 29.5 Å². The van der Waals surface area contributed by atoms with Crippen LogP contribution < -0.4 is 20.3 Å². The molecule has 3 aromatic carbocycles. The number of aromatic amines is 1. The number of carbonyl (C=O) groups excluding carboxylic acids is 2. The zero-order valence-corrected chi connectivity index (χ0v) is 24.1. The quantitative estimate of drug-likeness (QED) is 0.245. The summed E-state index contributed by atoms with van der Waals surface area (Å²) in [6.45, 7) is 4.67. The number of ether oxygens (including phenoxy) is 1. The number of rotatable bonds is 7. The van der Waals surface area contributed by atoms with Crippen molar-refractivity contribution in [2.45, 2.75) is 39.2 Å². The molecule has 1 aromatic heterocycles. The molecule has 1 atom stereocenters. The number of amides is 1. The van der Waals surface area contributed by atoms with E-state index in [0.717, 1.165) is 51.3 Å². The lowest BCUT2D eigenvalue weighted by molar-refractivity contribution is -0.120. The van der Waals surface area contributed by atoms with Crippen LogP contribution in [0.2, 0.25) is 0 Å². The number of carbonyl (C=O) groups is 2. The number of nitrogens with one attached hydrogen (secondary N) is 3. The fourth-order valence-corrected chi connectivity index (χ4v) is 6.26. The summed E-state index contributed by atoms with van der Waals surface area (Å²) in [7, 11) is 1.62. The maximum absolute atomic E-state index is 13.8. The number of nitrogens with zero attached hydrogens (tertiary/aromatic N) is 1. The molecule has 0 saturated heterocycles. The standard InChI is InChI=1S/C34H35FN4O3/c1-34(2)17-28-32(30(40)18-34)33(21-8-11-24(42-3)12-9-21)39(29-7-5-4-6-27(29)38-28)20-31(41)36-15-14-22-19-37-26-13-10-23(35)16-25(22)26/h4-13,16,19,33,37-38H,14-15,17-18,20H2,1-3H3,(H,36,41). The highest BCUT2D eigenvalue weighted by molar-refractivity contribution is 6.02. The number of methoxy groups -OCH3 is 1. The van der Waals surface area contributed by atoms with Gasteiger partial charge in [0.05, 0.1) is 31.1 Å². The summed E-state index contributed by atoms with van der Waals surface area (Å²) in [5.74, 6) is 0.346. The lowest BCUT2D eigenvalue weighted by atomic mass is 9.73. The third-order valence-corrected chi connectivity index (χ3v) is 8.20. The Morgan fingerprint density at radius 2 is 1.88 bits per heavy atom. The van der Waals surface area contributed by atoms with Crippen molar-refractivity contribution in [1.82, 2.24) is 10.3 Å². The SMILES string of the molecule is COc1ccc(C2C3=C(CC(C)(C)CC3=O)Nc3ccccc3N2CC(=O)NCCc2c[nH]c3ccc(F)cc23)cc1. The number of Topliss-reactive ketones (excluding diaryl/α,β-unsaturated/α-hetero) is 1. The number of H-pyrrole nitrogens is 1. The van der Waals surface area contributed by atoms with Crippen molar-refractivity contribution in [2.24, 2.45) is 5.41 Å². The van der Waals surface area contributed by atoms with Crippen LogP contribution in [0, 0.1) is 11.2 Å². The minimum atomic E-state index is -0.465. The maximum Gasteiger partial charge on any atom is 0.239 e. The van der Waals surface area contributed by atoms with Crippen LogP contribution in [0.3, 0.4) is 0 Å². The third kappa shape index (κ3) is 5.36. The molecule has 42 heavy (non-hydrogen) atoms. The smallest absolute Gasteiger partial charge is 0.239 e. The molecule has 0 fully saturated rings. The molecule has 3 N–H and O–H groups in total. The Hall–Kier alpha value is -4.59. The van der Waals surface area contributed by atoms with E-state index in [0.29, 0.717) is 25.0 Å². The molecular formula is C34H35FN4O3. The van der Waals surface area contributed by atoms with E-state index >= 15 is 0 Å². The summed E-state index contributed by atoms with van der Waals surface area (Å²) in [6, 6.07) is 19.8. The minimum absolute atomic E-state index is 0.0470. The van der Waals surface area contributed by atoms with Crippen molar-refractivity contribution in [1.29, 1.82) is 0 Å². The lowest BCUT2D eigenvalue weighted by Crippen LogP contribution is -2.42. The van der Waals surface area contributed by atoms with Crippen molar-refractivity contribution in [3.63, 3.8) is 0 Å². The monoisotopic (exact) mass is 566 g/mol. The number of allylic oxidation sites excluding steroid dienone is 1. The van der Waals surface area contributed by atoms with Crippen molar-refractivity contribution in [3.05, 3.63) is 101 Å². The Kier molecular flexibility index (Phi) is 7.22. The number of anilines is 2. The van der Waals surface area contributed by atoms with Gasteiger partial charge in [-0.15, -0.1) is 0 Å². The maximum atomic E-state index is 13.8. The average molecular weight is 567 g/mol. The molecule has 2 aliphatic rings. The van der Waals surface area contributed by atoms with Gasteiger partial charge in [-0.25, -0.2) is 4.39 Å². The molecule has 8 heteroatoms. The summed E-state index contributed by atoms with van der Waals surface area (Å²) in [4.78, 5) is 32.6. The number of hydrogen-bond donors (Lipinski definition) is 3. The lowest BCUT2D eigenvalue weighted by Gasteiger charge is -2.38. The Balaban J connectivity index is 1.32. The van der Waals surface area contributed by atoms with Crippen molar-refractivity contribution < 1.29 is 18.7 Å². The van der Waals surface area contributed by atoms with Crippen LogP contribution in [0.25, 0.3) is 10.9 Å². The van der Waals surface area contributed by atoms with Gasteiger partial charge in [-0.1, -0.05) is 38.1 Å². The highest BCUT2D eigenvalue weighted by atomic mass is 19.1. The van der Waals surface area contributed by atoms with Gasteiger partial charge in [0.25, 0.3) is 0 Å². The second kappa shape index (κ2) is 11.0. The molecule has 4 aromatic rings. The molecule has 1 amide bonds. The van der Waals surface area contributed by atoms with Gasteiger partial charge in [0, 0.05) is 41.3 Å². The number of halogens is 1. The van der Waals surface area contributed by atoms with E-state index in [4.69, 9.17) is 4.74 Å². The molecule has 1 aliphatic carbocycles. The number of para-hydroxylation sites is 2. The average Bonchev–Trinajstić information content (AvgIpc) is 3.29. The van der Waals surface area contributed by atoms with Gasteiger partial charge in [-0.05, 0) is 71.8 Å². The van der Waals surface area contributed by atoms with Gasteiger partial charge >= 0.3 is 0 Å². The Bertz CT molecular complexity index is 1690. The zero-order chi connectivity index (χ0) is 29.4. The van der Waals surface area contributed by atoms with E-state index in [1.165, 1.54) is 12.1 Å². The summed E-state index contributed by atoms with van der Waals surface area (Å²) < 4.78 is 19.2. The zero-order valence-electron chi connectivity index (χ0n) is 24.1. The first-order valence-corrected chi connectivity index (χ1v) is 14.3. The third-order valence-electron chi connectivity index (χ3n) is 8.20. The Labute approximate surface area is 244 Å². The van der Waals surface area contributed by atoms with Gasteiger partial charge < -0.3 is 25.3 Å². The highest BCUT2D eigenvalue weighted by Gasteiger charge is 2.41. The predicted octanol–water partition coefficient (Wildman–Crippen LogP) is 6.29. The van der Waals surface area contributed by atoms with Gasteiger partial charge in [0.1, 0.15) is 11.6 Å². The van der Waals surface area contributed by atoms with Crippen LogP contribution >= 0.6 is 0 Å². The van der Waals surface area contributed by atoms with E-state index in [1.54, 1.807) is 13.2 Å². The molecule has 1 unspecified atom stereocenters. The fraction of sp³-hybridized carbons (Fsp3) is 0.294. The molecule has 0 radical (unpaired) electrons. The number of ketones is 1. The largest absolute Gasteiger partial charge is 0.497 e. The Morgan fingerprint density at radius 1 is 1.10 bits per heavy atom. The molecule has 0 spiro atoms. The normalized spacial score (nSPS) is 17.8.